The number of Topliss-reactive ketones (excluding diaryl/α,β-unsaturated/α-hetero) is 1. The summed E-state index contributed by atoms with van der Waals surface area (Å²) < 4.78 is 5.71. The fourth-order valence-corrected chi connectivity index (χ4v) is 5.22. The lowest BCUT2D eigenvalue weighted by Gasteiger charge is -2.06. The molecule has 0 spiro atoms. The van der Waals surface area contributed by atoms with E-state index in [4.69, 9.17) is 4.74 Å². The van der Waals surface area contributed by atoms with Gasteiger partial charge in [0.05, 0.1) is 26.8 Å². The van der Waals surface area contributed by atoms with E-state index in [2.05, 4.69) is 10.3 Å². The summed E-state index contributed by atoms with van der Waals surface area (Å²) in [7, 11) is 0. The normalized spacial score (nSPS) is 10.6. The van der Waals surface area contributed by atoms with Gasteiger partial charge in [0.2, 0.25) is 11.7 Å². The van der Waals surface area contributed by atoms with Crippen LogP contribution in [0, 0.1) is 17.0 Å². The summed E-state index contributed by atoms with van der Waals surface area (Å²) >= 11 is 3.70. The maximum Gasteiger partial charge on any atom is 0.338 e. The average Bonchev–Trinajstić information content (AvgIpc) is 3.39. The van der Waals surface area contributed by atoms with Crippen LogP contribution in [0.1, 0.15) is 37.5 Å². The molecule has 0 fully saturated rings. The van der Waals surface area contributed by atoms with E-state index in [1.54, 1.807) is 12.1 Å². The number of ketones is 1. The standard InChI is InChI=1S/C20H17N3O6S3/c1-11-10-30-20(22-11)32-17-5-3-13(7-15(17)23(27)28)19(26)29-9-16(25)18-6-4-14(31-18)8-21-12(2)24/h3-7,10H,8-9H2,1-2H3,(H,21,24). The number of hydrogen-bond donors (Lipinski definition) is 1. The molecular weight excluding hydrogens is 474 g/mol. The van der Waals surface area contributed by atoms with Gasteiger partial charge in [-0.15, -0.1) is 22.7 Å². The molecule has 0 unspecified atom stereocenters. The fourth-order valence-electron chi connectivity index (χ4n) is 2.47. The van der Waals surface area contributed by atoms with Gasteiger partial charge in [-0.05, 0) is 31.2 Å². The van der Waals surface area contributed by atoms with E-state index in [1.807, 2.05) is 12.3 Å². The number of carbonyl (C=O) groups is 3. The third-order valence-electron chi connectivity index (χ3n) is 3.97. The van der Waals surface area contributed by atoms with Crippen LogP contribution in [-0.4, -0.2) is 34.2 Å². The highest BCUT2D eigenvalue weighted by molar-refractivity contribution is 8.01. The van der Waals surface area contributed by atoms with E-state index in [1.165, 1.54) is 41.7 Å². The van der Waals surface area contributed by atoms with Crippen molar-refractivity contribution in [3.8, 4) is 0 Å². The number of nitro groups is 1. The van der Waals surface area contributed by atoms with Crippen molar-refractivity contribution >= 4 is 57.8 Å². The van der Waals surface area contributed by atoms with Gasteiger partial charge < -0.3 is 10.1 Å². The molecule has 0 aliphatic heterocycles. The topological polar surface area (TPSA) is 128 Å². The molecule has 0 bridgehead atoms. The maximum atomic E-state index is 12.4. The monoisotopic (exact) mass is 491 g/mol. The van der Waals surface area contributed by atoms with E-state index in [0.29, 0.717) is 20.7 Å². The number of hydrogen-bond acceptors (Lipinski definition) is 10. The number of aryl methyl sites for hydroxylation is 1. The van der Waals surface area contributed by atoms with Crippen molar-refractivity contribution in [1.29, 1.82) is 0 Å². The highest BCUT2D eigenvalue weighted by Gasteiger charge is 2.21. The second kappa shape index (κ2) is 10.5. The van der Waals surface area contributed by atoms with Crippen LogP contribution in [0.25, 0.3) is 0 Å². The Morgan fingerprint density at radius 2 is 2.03 bits per heavy atom. The fraction of sp³-hybridized carbons (Fsp3) is 0.200. The Balaban J connectivity index is 1.64. The van der Waals surface area contributed by atoms with Gasteiger partial charge in [0, 0.05) is 28.9 Å². The zero-order valence-corrected chi connectivity index (χ0v) is 19.4. The van der Waals surface area contributed by atoms with Crippen molar-refractivity contribution in [2.24, 2.45) is 0 Å². The van der Waals surface area contributed by atoms with Crippen LogP contribution in [0.4, 0.5) is 5.69 Å². The molecule has 0 saturated carbocycles. The summed E-state index contributed by atoms with van der Waals surface area (Å²) in [5, 5.41) is 16.0. The van der Waals surface area contributed by atoms with Gasteiger partial charge in [-0.25, -0.2) is 9.78 Å². The number of carbonyl (C=O) groups excluding carboxylic acids is 3. The van der Waals surface area contributed by atoms with Crippen molar-refractivity contribution in [2.75, 3.05) is 6.61 Å². The molecule has 1 amide bonds. The smallest absolute Gasteiger partial charge is 0.338 e. The molecule has 0 atom stereocenters. The number of esters is 1. The van der Waals surface area contributed by atoms with Crippen LogP contribution in [0.15, 0.2) is 44.9 Å². The molecule has 0 aliphatic carbocycles. The third-order valence-corrected chi connectivity index (χ3v) is 7.22. The van der Waals surface area contributed by atoms with Crippen LogP contribution in [-0.2, 0) is 16.1 Å². The number of nitrogens with zero attached hydrogens (tertiary/aromatic N) is 2. The van der Waals surface area contributed by atoms with Gasteiger partial charge in [-0.1, -0.05) is 11.8 Å². The number of nitro benzene ring substituents is 1. The minimum atomic E-state index is -0.835. The molecule has 166 valence electrons. The molecule has 32 heavy (non-hydrogen) atoms. The van der Waals surface area contributed by atoms with Crippen LogP contribution >= 0.6 is 34.4 Å². The van der Waals surface area contributed by atoms with Crippen LogP contribution < -0.4 is 5.32 Å². The van der Waals surface area contributed by atoms with Gasteiger partial charge in [0.1, 0.15) is 0 Å². The van der Waals surface area contributed by atoms with E-state index >= 15 is 0 Å². The second-order valence-corrected chi connectivity index (χ2v) is 9.79. The van der Waals surface area contributed by atoms with Crippen LogP contribution in [0.2, 0.25) is 0 Å². The van der Waals surface area contributed by atoms with E-state index in [9.17, 15) is 24.5 Å². The predicted molar refractivity (Wildman–Crippen MR) is 121 cm³/mol. The molecule has 12 heteroatoms. The summed E-state index contributed by atoms with van der Waals surface area (Å²) in [5.41, 5.74) is 0.546. The predicted octanol–water partition coefficient (Wildman–Crippen LogP) is 4.25. The number of benzene rings is 1. The minimum Gasteiger partial charge on any atom is -0.454 e. The van der Waals surface area contributed by atoms with E-state index < -0.39 is 23.3 Å². The molecule has 2 aromatic heterocycles. The largest absolute Gasteiger partial charge is 0.454 e. The highest BCUT2D eigenvalue weighted by Crippen LogP contribution is 2.36. The Labute approximate surface area is 195 Å². The van der Waals surface area contributed by atoms with Gasteiger partial charge in [0.15, 0.2) is 10.9 Å². The molecular formula is C20H17N3O6S3. The Kier molecular flexibility index (Phi) is 7.72. The number of amides is 1. The first-order valence-corrected chi connectivity index (χ1v) is 11.7. The molecule has 1 aromatic carbocycles. The number of ether oxygens (including phenoxy) is 1. The first-order valence-electron chi connectivity index (χ1n) is 9.15. The number of thiophene rings is 1. The van der Waals surface area contributed by atoms with Crippen molar-refractivity contribution in [3.05, 3.63) is 66.8 Å². The maximum absolute atomic E-state index is 12.4. The Bertz CT molecular complexity index is 1190. The summed E-state index contributed by atoms with van der Waals surface area (Å²) in [6.07, 6.45) is 0. The number of rotatable bonds is 9. The quantitative estimate of drug-likeness (QED) is 0.204. The van der Waals surface area contributed by atoms with Crippen molar-refractivity contribution in [3.63, 3.8) is 0 Å². The SMILES string of the molecule is CC(=O)NCc1ccc(C(=O)COC(=O)c2ccc(Sc3nc(C)cs3)c([N+](=O)[O-])c2)s1. The molecule has 0 aliphatic rings. The lowest BCUT2D eigenvalue weighted by Crippen LogP contribution is -2.18. The van der Waals surface area contributed by atoms with Crippen LogP contribution in [0.3, 0.4) is 0 Å². The first kappa shape index (κ1) is 23.6. The lowest BCUT2D eigenvalue weighted by atomic mass is 10.2. The molecule has 3 rings (SSSR count). The number of thiazole rings is 1. The minimum absolute atomic E-state index is 0.0262. The zero-order chi connectivity index (χ0) is 23.3. The lowest BCUT2D eigenvalue weighted by molar-refractivity contribution is -0.387. The Morgan fingerprint density at radius 1 is 1.25 bits per heavy atom. The number of aromatic nitrogens is 1. The summed E-state index contributed by atoms with van der Waals surface area (Å²) in [6, 6.07) is 7.31. The molecule has 9 nitrogen and oxygen atoms in total. The van der Waals surface area contributed by atoms with Gasteiger partial charge in [-0.2, -0.15) is 0 Å². The van der Waals surface area contributed by atoms with Gasteiger partial charge in [-0.3, -0.25) is 19.7 Å². The molecule has 1 N–H and O–H groups in total. The first-order chi connectivity index (χ1) is 15.2. The summed E-state index contributed by atoms with van der Waals surface area (Å²) in [4.78, 5) is 52.3. The number of nitrogens with one attached hydrogen (secondary N) is 1. The molecule has 0 saturated heterocycles. The van der Waals surface area contributed by atoms with Gasteiger partial charge in [0.25, 0.3) is 5.69 Å². The second-order valence-electron chi connectivity index (χ2n) is 6.47. The third kappa shape index (κ3) is 6.22. The molecule has 3 aromatic rings. The van der Waals surface area contributed by atoms with Crippen molar-refractivity contribution in [2.45, 2.75) is 29.6 Å². The summed E-state index contributed by atoms with van der Waals surface area (Å²) in [5.74, 6) is -1.42. The Morgan fingerprint density at radius 3 is 2.69 bits per heavy atom. The molecule has 0 radical (unpaired) electrons. The highest BCUT2D eigenvalue weighted by atomic mass is 32.2. The Hall–Kier alpha value is -3.09. The summed E-state index contributed by atoms with van der Waals surface area (Å²) in [6.45, 7) is 3.04. The van der Waals surface area contributed by atoms with Gasteiger partial charge >= 0.3 is 5.97 Å². The zero-order valence-electron chi connectivity index (χ0n) is 16.9. The van der Waals surface area contributed by atoms with Crippen LogP contribution in [0.5, 0.6) is 0 Å². The van der Waals surface area contributed by atoms with Crippen molar-refractivity contribution < 1.29 is 24.0 Å². The molecule has 2 heterocycles. The van der Waals surface area contributed by atoms with Crippen molar-refractivity contribution in [1.82, 2.24) is 10.3 Å². The van der Waals surface area contributed by atoms with E-state index in [-0.39, 0.29) is 17.2 Å². The van der Waals surface area contributed by atoms with E-state index in [0.717, 1.165) is 28.4 Å². The average molecular weight is 492 g/mol.